The summed E-state index contributed by atoms with van der Waals surface area (Å²) >= 11 is 6.76. The Hall–Kier alpha value is -3.09. The zero-order valence-corrected chi connectivity index (χ0v) is 17.9. The van der Waals surface area contributed by atoms with Crippen molar-refractivity contribution in [1.82, 2.24) is 0 Å². The van der Waals surface area contributed by atoms with Crippen molar-refractivity contribution < 1.29 is 14.3 Å². The van der Waals surface area contributed by atoms with Crippen LogP contribution in [0.15, 0.2) is 83.8 Å². The molecule has 0 aromatic heterocycles. The van der Waals surface area contributed by atoms with Gasteiger partial charge >= 0.3 is 0 Å². The topological polar surface area (TPSA) is 38.8 Å². The average molecular weight is 434 g/mol. The summed E-state index contributed by atoms with van der Waals surface area (Å²) in [5, 5.41) is 0. The van der Waals surface area contributed by atoms with E-state index in [1.54, 1.807) is 4.90 Å². The predicted octanol–water partition coefficient (Wildman–Crippen LogP) is 6.28. The number of anilines is 1. The van der Waals surface area contributed by atoms with Crippen LogP contribution in [0.5, 0.6) is 17.2 Å². The quantitative estimate of drug-likeness (QED) is 0.338. The number of hydrogen-bond donors (Lipinski definition) is 0. The summed E-state index contributed by atoms with van der Waals surface area (Å²) in [6.45, 7) is 2.56. The Morgan fingerprint density at radius 2 is 1.53 bits per heavy atom. The lowest BCUT2D eigenvalue weighted by molar-refractivity contribution is -0.113. The van der Waals surface area contributed by atoms with Crippen molar-refractivity contribution in [3.05, 3.63) is 89.3 Å². The summed E-state index contributed by atoms with van der Waals surface area (Å²) in [6.07, 6.45) is 1.85. The first kappa shape index (κ1) is 20.2. The Bertz CT molecular complexity index is 1080. The van der Waals surface area contributed by atoms with Crippen LogP contribution in [0.1, 0.15) is 12.5 Å². The third kappa shape index (κ3) is 4.56. The number of rotatable bonds is 6. The van der Waals surface area contributed by atoms with Crippen LogP contribution in [0, 0.1) is 0 Å². The lowest BCUT2D eigenvalue weighted by Gasteiger charge is -2.15. The van der Waals surface area contributed by atoms with E-state index in [4.69, 9.17) is 21.7 Å². The highest BCUT2D eigenvalue weighted by molar-refractivity contribution is 8.27. The van der Waals surface area contributed by atoms with Crippen LogP contribution < -0.4 is 14.4 Å². The number of hydrogen-bond acceptors (Lipinski definition) is 5. The number of benzene rings is 3. The Balaban J connectivity index is 1.49. The molecule has 0 spiro atoms. The van der Waals surface area contributed by atoms with Crippen molar-refractivity contribution in [1.29, 1.82) is 0 Å². The molecule has 6 heteroatoms. The summed E-state index contributed by atoms with van der Waals surface area (Å²) in [5.74, 6) is 2.13. The van der Waals surface area contributed by atoms with Gasteiger partial charge in [0.2, 0.25) is 0 Å². The number of amides is 1. The molecule has 0 unspecified atom stereocenters. The van der Waals surface area contributed by atoms with Crippen molar-refractivity contribution in [2.75, 3.05) is 11.5 Å². The minimum absolute atomic E-state index is 0.129. The number of thiocarbonyl (C=S) groups is 1. The maximum absolute atomic E-state index is 13.0. The molecule has 0 atom stereocenters. The predicted molar refractivity (Wildman–Crippen MR) is 126 cm³/mol. The summed E-state index contributed by atoms with van der Waals surface area (Å²) in [5.41, 5.74) is 1.64. The molecule has 0 aliphatic carbocycles. The fourth-order valence-corrected chi connectivity index (χ4v) is 4.26. The maximum Gasteiger partial charge on any atom is 0.270 e. The van der Waals surface area contributed by atoms with Crippen molar-refractivity contribution in [2.45, 2.75) is 6.92 Å². The molecule has 0 radical (unpaired) electrons. The monoisotopic (exact) mass is 433 g/mol. The van der Waals surface area contributed by atoms with Gasteiger partial charge in [-0.25, -0.2) is 0 Å². The lowest BCUT2D eigenvalue weighted by Crippen LogP contribution is -2.27. The first-order chi connectivity index (χ1) is 14.6. The van der Waals surface area contributed by atoms with E-state index in [-0.39, 0.29) is 5.91 Å². The van der Waals surface area contributed by atoms with E-state index in [2.05, 4.69) is 0 Å². The molecule has 1 heterocycles. The third-order valence-corrected chi connectivity index (χ3v) is 5.66. The number of para-hydroxylation sites is 1. The smallest absolute Gasteiger partial charge is 0.270 e. The van der Waals surface area contributed by atoms with Gasteiger partial charge in [-0.2, -0.15) is 0 Å². The second-order valence-corrected chi connectivity index (χ2v) is 8.10. The maximum atomic E-state index is 13.0. The van der Waals surface area contributed by atoms with E-state index >= 15 is 0 Å². The Morgan fingerprint density at radius 1 is 0.900 bits per heavy atom. The standard InChI is InChI=1S/C24H19NO3S2/c1-2-27-19-12-8-17(9-13-19)16-22-23(26)25(24(29)30-22)18-10-14-21(15-11-18)28-20-6-4-3-5-7-20/h3-16H,2H2,1H3/b22-16-. The molecule has 3 aromatic carbocycles. The van der Waals surface area contributed by atoms with Crippen molar-refractivity contribution in [3.63, 3.8) is 0 Å². The Kier molecular flexibility index (Phi) is 6.16. The van der Waals surface area contributed by atoms with Crippen molar-refractivity contribution in [3.8, 4) is 17.2 Å². The van der Waals surface area contributed by atoms with E-state index in [9.17, 15) is 4.79 Å². The van der Waals surface area contributed by atoms with Gasteiger partial charge in [0.15, 0.2) is 4.32 Å². The van der Waals surface area contributed by atoms with Gasteiger partial charge in [-0.15, -0.1) is 0 Å². The van der Waals surface area contributed by atoms with Gasteiger partial charge in [0.05, 0.1) is 17.2 Å². The molecule has 0 saturated carbocycles. The SMILES string of the molecule is CCOc1ccc(/C=C2\SC(=S)N(c3ccc(Oc4ccccc4)cc3)C2=O)cc1. The van der Waals surface area contributed by atoms with Crippen LogP contribution in [-0.2, 0) is 4.79 Å². The van der Waals surface area contributed by atoms with Crippen molar-refractivity contribution in [2.24, 2.45) is 0 Å². The van der Waals surface area contributed by atoms with Gasteiger partial charge in [-0.1, -0.05) is 54.3 Å². The van der Waals surface area contributed by atoms with Gasteiger partial charge in [-0.05, 0) is 67.1 Å². The molecule has 4 rings (SSSR count). The van der Waals surface area contributed by atoms with Gasteiger partial charge in [0.25, 0.3) is 5.91 Å². The second kappa shape index (κ2) is 9.15. The van der Waals surface area contributed by atoms with E-state index in [0.717, 1.165) is 17.1 Å². The normalized spacial score (nSPS) is 15.0. The van der Waals surface area contributed by atoms with Crippen LogP contribution in [0.25, 0.3) is 6.08 Å². The molecule has 3 aromatic rings. The van der Waals surface area contributed by atoms with E-state index < -0.39 is 0 Å². The van der Waals surface area contributed by atoms with Crippen LogP contribution >= 0.6 is 24.0 Å². The fraction of sp³-hybridized carbons (Fsp3) is 0.0833. The minimum atomic E-state index is -0.129. The van der Waals surface area contributed by atoms with E-state index in [1.807, 2.05) is 91.9 Å². The molecule has 150 valence electrons. The van der Waals surface area contributed by atoms with E-state index in [0.29, 0.717) is 27.3 Å². The van der Waals surface area contributed by atoms with Crippen molar-refractivity contribution >= 4 is 46.0 Å². The molecule has 1 aliphatic rings. The summed E-state index contributed by atoms with van der Waals surface area (Å²) in [4.78, 5) is 15.1. The highest BCUT2D eigenvalue weighted by Gasteiger charge is 2.33. The van der Waals surface area contributed by atoms with Gasteiger partial charge in [0.1, 0.15) is 17.2 Å². The molecule has 1 saturated heterocycles. The minimum Gasteiger partial charge on any atom is -0.494 e. The molecule has 4 nitrogen and oxygen atoms in total. The molecule has 1 aliphatic heterocycles. The number of carbonyl (C=O) groups is 1. The first-order valence-corrected chi connectivity index (χ1v) is 10.7. The molecule has 0 bridgehead atoms. The van der Waals surface area contributed by atoms with Gasteiger partial charge in [0, 0.05) is 0 Å². The third-order valence-electron chi connectivity index (χ3n) is 4.36. The van der Waals surface area contributed by atoms with Crippen LogP contribution in [-0.4, -0.2) is 16.8 Å². The summed E-state index contributed by atoms with van der Waals surface area (Å²) < 4.78 is 11.8. The molecule has 30 heavy (non-hydrogen) atoms. The Labute approximate surface area is 185 Å². The van der Waals surface area contributed by atoms with Crippen LogP contribution in [0.3, 0.4) is 0 Å². The lowest BCUT2D eigenvalue weighted by atomic mass is 10.2. The fourth-order valence-electron chi connectivity index (χ4n) is 2.96. The van der Waals surface area contributed by atoms with Gasteiger partial charge in [-0.3, -0.25) is 9.69 Å². The van der Waals surface area contributed by atoms with Crippen LogP contribution in [0.4, 0.5) is 5.69 Å². The molecule has 0 N–H and O–H groups in total. The number of nitrogens with zero attached hydrogens (tertiary/aromatic N) is 1. The molecular formula is C24H19NO3S2. The first-order valence-electron chi connectivity index (χ1n) is 9.48. The van der Waals surface area contributed by atoms with Gasteiger partial charge < -0.3 is 9.47 Å². The number of carbonyl (C=O) groups excluding carboxylic acids is 1. The summed E-state index contributed by atoms with van der Waals surface area (Å²) in [6, 6.07) is 24.5. The molecule has 1 fully saturated rings. The summed E-state index contributed by atoms with van der Waals surface area (Å²) in [7, 11) is 0. The average Bonchev–Trinajstić information content (AvgIpc) is 3.04. The number of ether oxygens (including phenoxy) is 2. The number of thioether (sulfide) groups is 1. The largest absolute Gasteiger partial charge is 0.494 e. The Morgan fingerprint density at radius 3 is 2.20 bits per heavy atom. The zero-order chi connectivity index (χ0) is 20.9. The zero-order valence-electron chi connectivity index (χ0n) is 16.3. The molecular weight excluding hydrogens is 414 g/mol. The second-order valence-electron chi connectivity index (χ2n) is 6.43. The highest BCUT2D eigenvalue weighted by atomic mass is 32.2. The molecule has 1 amide bonds. The van der Waals surface area contributed by atoms with Crippen LogP contribution in [0.2, 0.25) is 0 Å². The van der Waals surface area contributed by atoms with E-state index in [1.165, 1.54) is 11.8 Å². The highest BCUT2D eigenvalue weighted by Crippen LogP contribution is 2.37.